The smallest absolute Gasteiger partial charge is 0.0537 e. The van der Waals surface area contributed by atoms with Crippen molar-refractivity contribution in [3.63, 3.8) is 0 Å². The van der Waals surface area contributed by atoms with Gasteiger partial charge in [0.2, 0.25) is 0 Å². The van der Waals surface area contributed by atoms with Crippen molar-refractivity contribution >= 4 is 0 Å². The maximum Gasteiger partial charge on any atom is 0.0537 e. The second kappa shape index (κ2) is 24.4. The molecular weight excluding hydrogens is 845 g/mol. The third kappa shape index (κ3) is 9.80. The van der Waals surface area contributed by atoms with Crippen molar-refractivity contribution in [2.75, 3.05) is 0 Å². The molecule has 2 aromatic heterocycles. The van der Waals surface area contributed by atoms with Crippen molar-refractivity contribution in [3.05, 3.63) is 200 Å². The molecule has 2 heterocycles. The van der Waals surface area contributed by atoms with E-state index in [2.05, 4.69) is 84.9 Å². The molecule has 293 valence electrons. The molecule has 0 spiro atoms. The van der Waals surface area contributed by atoms with Gasteiger partial charge in [-0.2, -0.15) is 48.5 Å². The number of rotatable bonds is 0. The van der Waals surface area contributed by atoms with Crippen LogP contribution < -0.4 is 0 Å². The van der Waals surface area contributed by atoms with Crippen molar-refractivity contribution in [1.29, 1.82) is 0 Å². The van der Waals surface area contributed by atoms with Gasteiger partial charge in [-0.1, -0.05) is 143 Å². The summed E-state index contributed by atoms with van der Waals surface area (Å²) in [6.07, 6.45) is 7.90. The summed E-state index contributed by atoms with van der Waals surface area (Å²) in [6.45, 7) is 24.0. The second-order valence-corrected chi connectivity index (χ2v) is 11.9. The normalized spacial score (nSPS) is 14.1. The van der Waals surface area contributed by atoms with Gasteiger partial charge in [0.15, 0.2) is 0 Å². The Balaban J connectivity index is 0.000000296. The van der Waals surface area contributed by atoms with Gasteiger partial charge in [0, 0.05) is 44.3 Å². The molecular formula is C52H64IrN2-2. The average Bonchev–Trinajstić information content (AvgIpc) is 3.28. The topological polar surface area (TPSA) is 25.8 Å². The quantitative estimate of drug-likeness (QED) is 0.142. The maximum absolute atomic E-state index is 4.72. The van der Waals surface area contributed by atoms with Gasteiger partial charge in [-0.25, -0.2) is 0 Å². The molecule has 6 aromatic rings. The van der Waals surface area contributed by atoms with Crippen LogP contribution in [0.3, 0.4) is 0 Å². The Kier molecular flexibility index (Phi) is 20.8. The molecule has 4 aromatic carbocycles. The predicted octanol–water partition coefficient (Wildman–Crippen LogP) is 13.9. The van der Waals surface area contributed by atoms with Crippen LogP contribution in [0.15, 0.2) is 109 Å². The van der Waals surface area contributed by atoms with Gasteiger partial charge < -0.3 is 0 Å². The zero-order valence-corrected chi connectivity index (χ0v) is 38.0. The molecule has 0 saturated carbocycles. The van der Waals surface area contributed by atoms with Crippen molar-refractivity contribution in [2.45, 2.75) is 121 Å². The number of fused-ring (bicyclic) bond motifs is 8. The second-order valence-electron chi connectivity index (χ2n) is 11.9. The molecule has 55 heavy (non-hydrogen) atoms. The van der Waals surface area contributed by atoms with Crippen LogP contribution in [0.5, 0.6) is 0 Å². The molecule has 0 fully saturated rings. The van der Waals surface area contributed by atoms with Crippen LogP contribution in [0.2, 0.25) is 0 Å². The zero-order chi connectivity index (χ0) is 39.6. The molecule has 0 bridgehead atoms. The van der Waals surface area contributed by atoms with E-state index in [1.165, 1.54) is 78.1 Å². The average molecular weight is 909 g/mol. The minimum Gasteiger partial charge on any atom is -0.260 e. The predicted molar refractivity (Wildman–Crippen MR) is 233 cm³/mol. The SMILES string of the molecule is CC.CC.CC.CC.CC.CC.[Ir].[c-]1cccc2c1C1c3ncccc3Cc3cccc(c31)C2.[c-]1cccc2c1C1c3ncccc3Cc3cccc(c31)C2. The number of aromatic nitrogens is 2. The Morgan fingerprint density at radius 3 is 1.02 bits per heavy atom. The summed E-state index contributed by atoms with van der Waals surface area (Å²) in [5.74, 6) is 0.539. The van der Waals surface area contributed by atoms with E-state index in [4.69, 9.17) is 9.97 Å². The molecule has 2 atom stereocenters. The third-order valence-electron chi connectivity index (χ3n) is 9.61. The number of hydrogen-bond donors (Lipinski definition) is 0. The van der Waals surface area contributed by atoms with E-state index >= 15 is 0 Å². The van der Waals surface area contributed by atoms with Gasteiger partial charge in [-0.05, 0) is 71.2 Å². The summed E-state index contributed by atoms with van der Waals surface area (Å²) in [5, 5.41) is 0. The van der Waals surface area contributed by atoms with E-state index in [1.807, 2.05) is 120 Å². The van der Waals surface area contributed by atoms with Crippen LogP contribution in [-0.2, 0) is 45.8 Å². The zero-order valence-electron chi connectivity index (χ0n) is 35.6. The van der Waals surface area contributed by atoms with Gasteiger partial charge in [-0.3, -0.25) is 9.97 Å². The van der Waals surface area contributed by atoms with E-state index in [0.29, 0.717) is 0 Å². The summed E-state index contributed by atoms with van der Waals surface area (Å²) in [6, 6.07) is 41.7. The molecule has 2 nitrogen and oxygen atoms in total. The number of hydrogen-bond acceptors (Lipinski definition) is 2. The van der Waals surface area contributed by atoms with E-state index in [-0.39, 0.29) is 31.9 Å². The Morgan fingerprint density at radius 1 is 0.382 bits per heavy atom. The van der Waals surface area contributed by atoms with Crippen molar-refractivity contribution in [1.82, 2.24) is 9.97 Å². The van der Waals surface area contributed by atoms with Gasteiger partial charge in [0.25, 0.3) is 0 Å². The summed E-state index contributed by atoms with van der Waals surface area (Å²) < 4.78 is 0. The number of nitrogens with zero attached hydrogens (tertiary/aromatic N) is 2. The first kappa shape index (κ1) is 47.0. The summed E-state index contributed by atoms with van der Waals surface area (Å²) >= 11 is 0. The molecule has 0 saturated heterocycles. The molecule has 10 rings (SSSR count). The van der Waals surface area contributed by atoms with Crippen molar-refractivity contribution in [2.24, 2.45) is 0 Å². The van der Waals surface area contributed by atoms with Gasteiger partial charge in [0.1, 0.15) is 0 Å². The van der Waals surface area contributed by atoms with Crippen LogP contribution in [0.4, 0.5) is 0 Å². The van der Waals surface area contributed by atoms with Gasteiger partial charge in [0.05, 0.1) is 11.4 Å². The Labute approximate surface area is 348 Å². The fourth-order valence-electron chi connectivity index (χ4n) is 7.88. The molecule has 4 aliphatic carbocycles. The first-order valence-electron chi connectivity index (χ1n) is 20.9. The Morgan fingerprint density at radius 2 is 0.673 bits per heavy atom. The van der Waals surface area contributed by atoms with Crippen LogP contribution in [0.25, 0.3) is 0 Å². The Bertz CT molecular complexity index is 1750. The van der Waals surface area contributed by atoms with Gasteiger partial charge >= 0.3 is 0 Å². The van der Waals surface area contributed by atoms with Crippen LogP contribution in [-0.4, -0.2) is 9.97 Å². The standard InChI is InChI=1S/2C20H14N.6C2H6.Ir/c2*1-2-9-17-13(5-1)11-14-6-3-7-15-12-16-8-4-10-21-20(16)19(17)18(14)15;6*1-2;/h2*1-8,10,19H,11-12H2;6*1-2H3;/q2*-1;;;;;;;. The van der Waals surface area contributed by atoms with E-state index < -0.39 is 0 Å². The van der Waals surface area contributed by atoms with Crippen LogP contribution >= 0.6 is 0 Å². The molecule has 3 heteroatoms. The number of benzene rings is 4. The molecule has 1 radical (unpaired) electrons. The largest absolute Gasteiger partial charge is 0.260 e. The van der Waals surface area contributed by atoms with E-state index in [1.54, 1.807) is 0 Å². The van der Waals surface area contributed by atoms with Crippen LogP contribution in [0.1, 0.15) is 173 Å². The minimum atomic E-state index is 0. The fraction of sp³-hybridized carbons (Fsp3) is 0.346. The minimum absolute atomic E-state index is 0. The van der Waals surface area contributed by atoms with E-state index in [9.17, 15) is 0 Å². The molecule has 0 aliphatic heterocycles. The summed E-state index contributed by atoms with van der Waals surface area (Å²) in [7, 11) is 0. The Hall–Kier alpha value is -4.17. The van der Waals surface area contributed by atoms with Crippen molar-refractivity contribution < 1.29 is 20.1 Å². The van der Waals surface area contributed by atoms with Crippen molar-refractivity contribution in [3.8, 4) is 0 Å². The van der Waals surface area contributed by atoms with E-state index in [0.717, 1.165) is 25.7 Å². The number of pyridine rings is 2. The molecule has 0 N–H and O–H groups in total. The van der Waals surface area contributed by atoms with Crippen LogP contribution in [0, 0.1) is 12.1 Å². The fourth-order valence-corrected chi connectivity index (χ4v) is 7.88. The first-order valence-corrected chi connectivity index (χ1v) is 20.9. The van der Waals surface area contributed by atoms with Gasteiger partial charge in [-0.15, -0.1) is 22.3 Å². The molecule has 0 amide bonds. The molecule has 2 unspecified atom stereocenters. The molecule has 4 aliphatic rings. The first-order chi connectivity index (χ1) is 26.8. The third-order valence-corrected chi connectivity index (χ3v) is 9.61. The maximum atomic E-state index is 4.72. The summed E-state index contributed by atoms with van der Waals surface area (Å²) in [4.78, 5) is 9.45. The summed E-state index contributed by atoms with van der Waals surface area (Å²) in [5.41, 5.74) is 19.4. The monoisotopic (exact) mass is 909 g/mol.